The highest BCUT2D eigenvalue weighted by Crippen LogP contribution is 2.35. The van der Waals surface area contributed by atoms with E-state index in [-0.39, 0.29) is 5.75 Å². The van der Waals surface area contributed by atoms with Crippen molar-refractivity contribution in [1.29, 1.82) is 0 Å². The van der Waals surface area contributed by atoms with Crippen LogP contribution in [0.4, 0.5) is 4.39 Å². The lowest BCUT2D eigenvalue weighted by Gasteiger charge is -2.24. The topological polar surface area (TPSA) is 50.5 Å². The van der Waals surface area contributed by atoms with E-state index in [9.17, 15) is 9.50 Å². The smallest absolute Gasteiger partial charge is 0.227 e. The van der Waals surface area contributed by atoms with E-state index in [1.807, 2.05) is 37.3 Å². The van der Waals surface area contributed by atoms with Crippen molar-refractivity contribution < 1.29 is 14.2 Å². The summed E-state index contributed by atoms with van der Waals surface area (Å²) in [4.78, 5) is 2.26. The SMILES string of the molecule is Cc1nn(-c2ccccc2)c(Oc2ccccc2F)c1CN(CC(C)O)C1CC1. The number of halogens is 1. The van der Waals surface area contributed by atoms with Gasteiger partial charge in [-0.1, -0.05) is 30.3 Å². The van der Waals surface area contributed by atoms with Crippen LogP contribution in [-0.4, -0.2) is 38.5 Å². The number of hydrogen-bond acceptors (Lipinski definition) is 4. The number of rotatable bonds is 8. The number of hydrogen-bond donors (Lipinski definition) is 1. The van der Waals surface area contributed by atoms with Gasteiger partial charge in [0.15, 0.2) is 11.6 Å². The van der Waals surface area contributed by atoms with Gasteiger partial charge in [-0.15, -0.1) is 0 Å². The quantitative estimate of drug-likeness (QED) is 0.612. The second-order valence-electron chi connectivity index (χ2n) is 7.66. The van der Waals surface area contributed by atoms with Gasteiger partial charge < -0.3 is 9.84 Å². The van der Waals surface area contributed by atoms with Gasteiger partial charge >= 0.3 is 0 Å². The van der Waals surface area contributed by atoms with Gasteiger partial charge in [-0.05, 0) is 51.0 Å². The molecule has 1 heterocycles. The molecule has 1 aliphatic rings. The Morgan fingerprint density at radius 2 is 1.86 bits per heavy atom. The Labute approximate surface area is 170 Å². The Kier molecular flexibility index (Phi) is 5.65. The molecule has 0 spiro atoms. The second kappa shape index (κ2) is 8.35. The third-order valence-electron chi connectivity index (χ3n) is 5.10. The minimum Gasteiger partial charge on any atom is -0.435 e. The zero-order valence-electron chi connectivity index (χ0n) is 16.8. The van der Waals surface area contributed by atoms with E-state index < -0.39 is 11.9 Å². The Morgan fingerprint density at radius 3 is 2.52 bits per heavy atom. The van der Waals surface area contributed by atoms with Crippen LogP contribution in [0.15, 0.2) is 54.6 Å². The van der Waals surface area contributed by atoms with Gasteiger partial charge in [0.2, 0.25) is 5.88 Å². The number of nitrogens with zero attached hydrogens (tertiary/aromatic N) is 3. The number of benzene rings is 2. The van der Waals surface area contributed by atoms with Crippen molar-refractivity contribution in [3.05, 3.63) is 71.7 Å². The van der Waals surface area contributed by atoms with Gasteiger partial charge in [-0.3, -0.25) is 4.90 Å². The van der Waals surface area contributed by atoms with Gasteiger partial charge in [-0.2, -0.15) is 5.10 Å². The van der Waals surface area contributed by atoms with Crippen LogP contribution in [0.2, 0.25) is 0 Å². The van der Waals surface area contributed by atoms with Crippen molar-refractivity contribution in [3.8, 4) is 17.3 Å². The molecule has 2 aromatic carbocycles. The minimum atomic E-state index is -0.420. The number of aliphatic hydroxyl groups is 1. The van der Waals surface area contributed by atoms with E-state index in [0.717, 1.165) is 29.8 Å². The molecule has 4 rings (SSSR count). The van der Waals surface area contributed by atoms with Crippen molar-refractivity contribution in [2.45, 2.75) is 45.4 Å². The first-order chi connectivity index (χ1) is 14.0. The lowest BCUT2D eigenvalue weighted by Crippen LogP contribution is -2.32. The number of aromatic nitrogens is 2. The van der Waals surface area contributed by atoms with Gasteiger partial charge in [-0.25, -0.2) is 9.07 Å². The fourth-order valence-corrected chi connectivity index (χ4v) is 3.53. The van der Waals surface area contributed by atoms with Crippen molar-refractivity contribution in [3.63, 3.8) is 0 Å². The maximum absolute atomic E-state index is 14.3. The predicted molar refractivity (Wildman–Crippen MR) is 110 cm³/mol. The summed E-state index contributed by atoms with van der Waals surface area (Å²) in [5.41, 5.74) is 2.59. The minimum absolute atomic E-state index is 0.166. The summed E-state index contributed by atoms with van der Waals surface area (Å²) in [7, 11) is 0. The van der Waals surface area contributed by atoms with Gasteiger partial charge in [0.25, 0.3) is 0 Å². The highest BCUT2D eigenvalue weighted by molar-refractivity contribution is 5.43. The van der Waals surface area contributed by atoms with E-state index in [2.05, 4.69) is 4.90 Å². The predicted octanol–water partition coefficient (Wildman–Crippen LogP) is 4.46. The summed E-state index contributed by atoms with van der Waals surface area (Å²) >= 11 is 0. The van der Waals surface area contributed by atoms with Crippen molar-refractivity contribution >= 4 is 0 Å². The Morgan fingerprint density at radius 1 is 1.17 bits per heavy atom. The summed E-state index contributed by atoms with van der Waals surface area (Å²) in [5.74, 6) is 0.259. The summed E-state index contributed by atoms with van der Waals surface area (Å²) in [6, 6.07) is 16.5. The Hall–Kier alpha value is -2.70. The van der Waals surface area contributed by atoms with Crippen LogP contribution >= 0.6 is 0 Å². The molecule has 0 saturated heterocycles. The van der Waals surface area contributed by atoms with Crippen LogP contribution in [0, 0.1) is 12.7 Å². The molecule has 1 fully saturated rings. The Bertz CT molecular complexity index is 968. The van der Waals surface area contributed by atoms with Crippen LogP contribution in [0.25, 0.3) is 5.69 Å². The lowest BCUT2D eigenvalue weighted by molar-refractivity contribution is 0.117. The molecule has 0 amide bonds. The monoisotopic (exact) mass is 395 g/mol. The molecule has 152 valence electrons. The normalized spacial score (nSPS) is 14.9. The van der Waals surface area contributed by atoms with Crippen LogP contribution < -0.4 is 4.74 Å². The van der Waals surface area contributed by atoms with E-state index in [1.165, 1.54) is 6.07 Å². The third kappa shape index (κ3) is 4.49. The maximum atomic E-state index is 14.3. The number of para-hydroxylation sites is 2. The van der Waals surface area contributed by atoms with Crippen molar-refractivity contribution in [2.24, 2.45) is 0 Å². The molecular weight excluding hydrogens is 369 g/mol. The van der Waals surface area contributed by atoms with Crippen LogP contribution in [0.5, 0.6) is 11.6 Å². The highest BCUT2D eigenvalue weighted by atomic mass is 19.1. The zero-order valence-corrected chi connectivity index (χ0v) is 16.8. The van der Waals surface area contributed by atoms with Gasteiger partial charge in [0.05, 0.1) is 23.0 Å². The largest absolute Gasteiger partial charge is 0.435 e. The van der Waals surface area contributed by atoms with Crippen molar-refractivity contribution in [1.82, 2.24) is 14.7 Å². The average Bonchev–Trinajstić information content (AvgIpc) is 3.51. The molecule has 1 saturated carbocycles. The first kappa shape index (κ1) is 19.6. The van der Waals surface area contributed by atoms with Gasteiger partial charge in [0, 0.05) is 19.1 Å². The molecule has 1 aromatic heterocycles. The van der Waals surface area contributed by atoms with Crippen molar-refractivity contribution in [2.75, 3.05) is 6.54 Å². The zero-order chi connectivity index (χ0) is 20.4. The molecular formula is C23H26FN3O2. The summed E-state index contributed by atoms with van der Waals surface area (Å²) in [6.07, 6.45) is 1.83. The standard InChI is InChI=1S/C23H26FN3O2/c1-16(28)14-26(18-12-13-18)15-20-17(2)25-27(19-8-4-3-5-9-19)23(20)29-22-11-7-6-10-21(22)24/h3-11,16,18,28H,12-15H2,1-2H3. The molecule has 0 aliphatic heterocycles. The number of aliphatic hydroxyl groups excluding tert-OH is 1. The molecule has 5 nitrogen and oxygen atoms in total. The second-order valence-corrected chi connectivity index (χ2v) is 7.66. The first-order valence-corrected chi connectivity index (χ1v) is 10.0. The van der Waals surface area contributed by atoms with E-state index >= 15 is 0 Å². The molecule has 1 N–H and O–H groups in total. The fourth-order valence-electron chi connectivity index (χ4n) is 3.53. The number of ether oxygens (including phenoxy) is 1. The summed E-state index contributed by atoms with van der Waals surface area (Å²) in [6.45, 7) is 4.92. The molecule has 3 aromatic rings. The molecule has 1 aliphatic carbocycles. The van der Waals surface area contributed by atoms with E-state index in [4.69, 9.17) is 9.84 Å². The molecule has 6 heteroatoms. The van der Waals surface area contributed by atoms with Crippen LogP contribution in [0.3, 0.4) is 0 Å². The molecule has 0 bridgehead atoms. The van der Waals surface area contributed by atoms with E-state index in [0.29, 0.717) is 25.0 Å². The highest BCUT2D eigenvalue weighted by Gasteiger charge is 2.32. The van der Waals surface area contributed by atoms with Gasteiger partial charge in [0.1, 0.15) is 0 Å². The van der Waals surface area contributed by atoms with Crippen LogP contribution in [0.1, 0.15) is 31.0 Å². The lowest BCUT2D eigenvalue weighted by atomic mass is 10.2. The third-order valence-corrected chi connectivity index (χ3v) is 5.10. The summed E-state index contributed by atoms with van der Waals surface area (Å²) in [5, 5.41) is 14.6. The van der Waals surface area contributed by atoms with Crippen LogP contribution in [-0.2, 0) is 6.54 Å². The average molecular weight is 395 g/mol. The molecule has 0 radical (unpaired) electrons. The molecule has 29 heavy (non-hydrogen) atoms. The first-order valence-electron chi connectivity index (χ1n) is 10.0. The fraction of sp³-hybridized carbons (Fsp3) is 0.348. The molecule has 1 atom stereocenters. The maximum Gasteiger partial charge on any atom is 0.227 e. The number of aryl methyl sites for hydroxylation is 1. The van der Waals surface area contributed by atoms with E-state index in [1.54, 1.807) is 29.8 Å². The molecule has 1 unspecified atom stereocenters. The summed E-state index contributed by atoms with van der Waals surface area (Å²) < 4.78 is 22.1. The Balaban J connectivity index is 1.75.